The molecule has 0 heterocycles. The van der Waals surface area contributed by atoms with E-state index < -0.39 is 8.60 Å². The van der Waals surface area contributed by atoms with Crippen molar-refractivity contribution in [2.75, 3.05) is 0 Å². The summed E-state index contributed by atoms with van der Waals surface area (Å²) in [5, 5.41) is 0. The highest BCUT2D eigenvalue weighted by atomic mass is 31.2. The Kier molecular flexibility index (Phi) is 6.65. The van der Waals surface area contributed by atoms with Gasteiger partial charge in [0.2, 0.25) is 0 Å². The van der Waals surface area contributed by atoms with Crippen molar-refractivity contribution in [1.29, 1.82) is 0 Å². The maximum atomic E-state index is 7.23. The fourth-order valence-electron chi connectivity index (χ4n) is 0.884. The zero-order valence-electron chi connectivity index (χ0n) is 5.32. The van der Waals surface area contributed by atoms with Crippen LogP contribution in [0.15, 0.2) is 0 Å². The number of hydrogen-bond acceptors (Lipinski definition) is 3. The highest BCUT2D eigenvalue weighted by Gasteiger charge is 1.95. The molecule has 1 aliphatic rings. The van der Waals surface area contributed by atoms with Crippen LogP contribution in [0.3, 0.4) is 0 Å². The molecule has 0 unspecified atom stereocenters. The molecule has 56 valence electrons. The molecule has 3 nitrogen and oxygen atoms in total. The van der Waals surface area contributed by atoms with E-state index in [0.29, 0.717) is 0 Å². The second-order valence-electron chi connectivity index (χ2n) is 2.04. The van der Waals surface area contributed by atoms with Crippen molar-refractivity contribution in [3.63, 3.8) is 0 Å². The molecule has 9 heavy (non-hydrogen) atoms. The van der Waals surface area contributed by atoms with E-state index in [2.05, 4.69) is 0 Å². The standard InChI is InChI=1S/C5H10.H3O3P/c1-2-4-5-3-1;1-4(2)3/h1-5H2;1-3H. The lowest BCUT2D eigenvalue weighted by atomic mass is 10.4. The van der Waals surface area contributed by atoms with Gasteiger partial charge in [0.1, 0.15) is 0 Å². The Morgan fingerprint density at radius 1 is 0.667 bits per heavy atom. The fourth-order valence-corrected chi connectivity index (χ4v) is 0.884. The van der Waals surface area contributed by atoms with Gasteiger partial charge in [-0.25, -0.2) is 0 Å². The third kappa shape index (κ3) is 11.7. The Bertz CT molecular complexity index is 43.8. The van der Waals surface area contributed by atoms with Gasteiger partial charge in [-0.15, -0.1) is 0 Å². The van der Waals surface area contributed by atoms with E-state index in [1.165, 1.54) is 32.1 Å². The Morgan fingerprint density at radius 2 is 0.778 bits per heavy atom. The summed E-state index contributed by atoms with van der Waals surface area (Å²) in [6, 6.07) is 0. The summed E-state index contributed by atoms with van der Waals surface area (Å²) in [4.78, 5) is 21.7. The van der Waals surface area contributed by atoms with Crippen molar-refractivity contribution >= 4 is 8.60 Å². The van der Waals surface area contributed by atoms with Crippen LogP contribution in [-0.2, 0) is 0 Å². The Hall–Kier alpha value is 0.310. The van der Waals surface area contributed by atoms with Crippen LogP contribution >= 0.6 is 8.60 Å². The SMILES string of the molecule is C1CCCC1.OP(O)O. The van der Waals surface area contributed by atoms with Crippen molar-refractivity contribution in [3.8, 4) is 0 Å². The molecule has 0 saturated heterocycles. The molecule has 4 heteroatoms. The minimum absolute atomic E-state index is 1.50. The minimum Gasteiger partial charge on any atom is -0.328 e. The average Bonchev–Trinajstić information content (AvgIpc) is 2.11. The van der Waals surface area contributed by atoms with Crippen molar-refractivity contribution in [2.24, 2.45) is 0 Å². The monoisotopic (exact) mass is 152 g/mol. The van der Waals surface area contributed by atoms with E-state index in [4.69, 9.17) is 14.7 Å². The quantitative estimate of drug-likeness (QED) is 0.456. The van der Waals surface area contributed by atoms with Crippen LogP contribution in [0.25, 0.3) is 0 Å². The van der Waals surface area contributed by atoms with Gasteiger partial charge in [-0.3, -0.25) is 0 Å². The van der Waals surface area contributed by atoms with Crippen LogP contribution in [-0.4, -0.2) is 14.7 Å². The highest BCUT2D eigenvalue weighted by Crippen LogP contribution is 2.15. The molecular formula is C5H13O3P. The van der Waals surface area contributed by atoms with Gasteiger partial charge in [-0.2, -0.15) is 0 Å². The first-order valence-electron chi connectivity index (χ1n) is 3.10. The molecule has 0 aromatic heterocycles. The molecule has 0 aromatic rings. The predicted octanol–water partition coefficient (Wildman–Crippen LogP) is 1.14. The predicted molar refractivity (Wildman–Crippen MR) is 36.7 cm³/mol. The molecule has 0 bridgehead atoms. The van der Waals surface area contributed by atoms with E-state index >= 15 is 0 Å². The molecule has 1 fully saturated rings. The average molecular weight is 152 g/mol. The summed E-state index contributed by atoms with van der Waals surface area (Å²) < 4.78 is 0. The van der Waals surface area contributed by atoms with Gasteiger partial charge >= 0.3 is 8.60 Å². The molecule has 0 aliphatic heterocycles. The number of rotatable bonds is 0. The summed E-state index contributed by atoms with van der Waals surface area (Å²) >= 11 is 0. The minimum atomic E-state index is -2.62. The van der Waals surface area contributed by atoms with Crippen molar-refractivity contribution in [1.82, 2.24) is 0 Å². The lowest BCUT2D eigenvalue weighted by Gasteiger charge is -1.76. The number of hydrogen-bond donors (Lipinski definition) is 3. The maximum absolute atomic E-state index is 7.23. The van der Waals surface area contributed by atoms with Gasteiger partial charge in [0.15, 0.2) is 0 Å². The Balaban J connectivity index is 0.000000148. The lowest BCUT2D eigenvalue weighted by molar-refractivity contribution is 0.368. The molecule has 1 saturated carbocycles. The maximum Gasteiger partial charge on any atom is 0.324 e. The zero-order valence-corrected chi connectivity index (χ0v) is 6.22. The molecule has 3 N–H and O–H groups in total. The summed E-state index contributed by atoms with van der Waals surface area (Å²) in [7, 11) is -2.62. The Morgan fingerprint density at radius 3 is 0.889 bits per heavy atom. The third-order valence-electron chi connectivity index (χ3n) is 1.25. The molecule has 0 aromatic carbocycles. The lowest BCUT2D eigenvalue weighted by Crippen LogP contribution is -1.54. The second-order valence-corrected chi connectivity index (χ2v) is 2.57. The fraction of sp³-hybridized carbons (Fsp3) is 1.00. The van der Waals surface area contributed by atoms with Crippen LogP contribution in [0.4, 0.5) is 0 Å². The van der Waals surface area contributed by atoms with E-state index in [1.54, 1.807) is 0 Å². The first-order valence-corrected chi connectivity index (χ1v) is 4.30. The molecule has 0 radical (unpaired) electrons. The van der Waals surface area contributed by atoms with Crippen LogP contribution in [0.5, 0.6) is 0 Å². The summed E-state index contributed by atoms with van der Waals surface area (Å²) in [5.41, 5.74) is 0. The Labute approximate surface area is 56.3 Å². The van der Waals surface area contributed by atoms with Gasteiger partial charge in [0.05, 0.1) is 0 Å². The third-order valence-corrected chi connectivity index (χ3v) is 1.25. The van der Waals surface area contributed by atoms with Crippen LogP contribution in [0.2, 0.25) is 0 Å². The van der Waals surface area contributed by atoms with E-state index in [1.807, 2.05) is 0 Å². The van der Waals surface area contributed by atoms with Gasteiger partial charge in [0.25, 0.3) is 0 Å². The molecule has 1 rings (SSSR count). The van der Waals surface area contributed by atoms with Crippen LogP contribution in [0.1, 0.15) is 32.1 Å². The largest absolute Gasteiger partial charge is 0.328 e. The van der Waals surface area contributed by atoms with E-state index in [-0.39, 0.29) is 0 Å². The molecule has 0 atom stereocenters. The topological polar surface area (TPSA) is 60.7 Å². The first-order chi connectivity index (χ1) is 4.23. The van der Waals surface area contributed by atoms with Crippen LogP contribution < -0.4 is 0 Å². The molecule has 1 aliphatic carbocycles. The van der Waals surface area contributed by atoms with Crippen LogP contribution in [0, 0.1) is 0 Å². The summed E-state index contributed by atoms with van der Waals surface area (Å²) in [5.74, 6) is 0. The zero-order chi connectivity index (χ0) is 7.11. The van der Waals surface area contributed by atoms with Gasteiger partial charge in [0, 0.05) is 0 Å². The summed E-state index contributed by atoms with van der Waals surface area (Å²) in [6.45, 7) is 0. The van der Waals surface area contributed by atoms with Crippen molar-refractivity contribution < 1.29 is 14.7 Å². The summed E-state index contributed by atoms with van der Waals surface area (Å²) in [6.07, 6.45) is 7.50. The normalized spacial score (nSPS) is 17.3. The van der Waals surface area contributed by atoms with Gasteiger partial charge in [-0.1, -0.05) is 32.1 Å². The second kappa shape index (κ2) is 6.43. The van der Waals surface area contributed by atoms with Crippen molar-refractivity contribution in [2.45, 2.75) is 32.1 Å². The van der Waals surface area contributed by atoms with E-state index in [9.17, 15) is 0 Å². The molecule has 0 spiro atoms. The smallest absolute Gasteiger partial charge is 0.324 e. The van der Waals surface area contributed by atoms with Gasteiger partial charge < -0.3 is 14.7 Å². The molecular weight excluding hydrogens is 139 g/mol. The van der Waals surface area contributed by atoms with Gasteiger partial charge in [-0.05, 0) is 0 Å². The van der Waals surface area contributed by atoms with Crippen molar-refractivity contribution in [3.05, 3.63) is 0 Å². The molecule has 0 amide bonds. The van der Waals surface area contributed by atoms with E-state index in [0.717, 1.165) is 0 Å². The highest BCUT2D eigenvalue weighted by molar-refractivity contribution is 7.38. The first kappa shape index (κ1) is 9.31.